The maximum Gasteiger partial charge on any atom is 0.261 e. The largest absolute Gasteiger partial charge is 0.329 e. The van der Waals surface area contributed by atoms with E-state index >= 15 is 0 Å². The lowest BCUT2D eigenvalue weighted by molar-refractivity contribution is 0.0886. The second kappa shape index (κ2) is 3.27. The van der Waals surface area contributed by atoms with Crippen molar-refractivity contribution in [2.24, 2.45) is 5.73 Å². The second-order valence-corrected chi connectivity index (χ2v) is 4.50. The molecule has 0 amide bonds. The number of pyridine rings is 1. The lowest BCUT2D eigenvalue weighted by atomic mass is 10.0. The summed E-state index contributed by atoms with van der Waals surface area (Å²) < 4.78 is 26.4. The molecule has 82 valence electrons. The molecule has 0 saturated heterocycles. The molecular weight excluding hydrogens is 245 g/mol. The van der Waals surface area contributed by atoms with Gasteiger partial charge in [-0.25, -0.2) is 8.78 Å². The van der Waals surface area contributed by atoms with Crippen LogP contribution in [0.15, 0.2) is 12.3 Å². The fourth-order valence-electron chi connectivity index (χ4n) is 1.68. The van der Waals surface area contributed by atoms with Gasteiger partial charge in [0.1, 0.15) is 0 Å². The minimum Gasteiger partial charge on any atom is -0.329 e. The average molecular weight is 253 g/mol. The summed E-state index contributed by atoms with van der Waals surface area (Å²) >= 11 is 11.5. The molecule has 1 aromatic heterocycles. The highest BCUT2D eigenvalue weighted by molar-refractivity contribution is 6.34. The van der Waals surface area contributed by atoms with Crippen molar-refractivity contribution in [3.8, 4) is 0 Å². The molecule has 6 heteroatoms. The SMILES string of the molecule is NCC1(c2ncc(Cl)cc2Cl)CC1(F)F. The fraction of sp³-hybridized carbons (Fsp3) is 0.444. The van der Waals surface area contributed by atoms with Crippen LogP contribution in [-0.4, -0.2) is 17.5 Å². The third-order valence-corrected chi connectivity index (χ3v) is 3.20. The highest BCUT2D eigenvalue weighted by Gasteiger charge is 2.72. The molecule has 1 saturated carbocycles. The predicted octanol–water partition coefficient (Wildman–Crippen LogP) is 2.62. The van der Waals surface area contributed by atoms with E-state index < -0.39 is 11.3 Å². The van der Waals surface area contributed by atoms with Gasteiger partial charge in [-0.2, -0.15) is 0 Å². The van der Waals surface area contributed by atoms with E-state index in [1.54, 1.807) is 0 Å². The molecule has 1 atom stereocenters. The zero-order valence-corrected chi connectivity index (χ0v) is 9.12. The topological polar surface area (TPSA) is 38.9 Å². The summed E-state index contributed by atoms with van der Waals surface area (Å²) in [5.74, 6) is -2.81. The molecule has 15 heavy (non-hydrogen) atoms. The Morgan fingerprint density at radius 3 is 2.47 bits per heavy atom. The highest BCUT2D eigenvalue weighted by atomic mass is 35.5. The summed E-state index contributed by atoms with van der Waals surface area (Å²) in [5, 5.41) is 0.463. The first-order valence-electron chi connectivity index (χ1n) is 4.32. The van der Waals surface area contributed by atoms with Crippen LogP contribution in [0.5, 0.6) is 0 Å². The van der Waals surface area contributed by atoms with Crippen LogP contribution in [0, 0.1) is 0 Å². The van der Waals surface area contributed by atoms with E-state index in [9.17, 15) is 8.78 Å². The smallest absolute Gasteiger partial charge is 0.261 e. The van der Waals surface area contributed by atoms with Gasteiger partial charge in [-0.05, 0) is 6.07 Å². The predicted molar refractivity (Wildman–Crippen MR) is 54.6 cm³/mol. The quantitative estimate of drug-likeness (QED) is 0.879. The van der Waals surface area contributed by atoms with Gasteiger partial charge in [-0.3, -0.25) is 4.98 Å². The lowest BCUT2D eigenvalue weighted by Crippen LogP contribution is -2.28. The Morgan fingerprint density at radius 2 is 2.07 bits per heavy atom. The molecule has 1 fully saturated rings. The van der Waals surface area contributed by atoms with E-state index in [0.717, 1.165) is 0 Å². The van der Waals surface area contributed by atoms with Crippen molar-refractivity contribution >= 4 is 23.2 Å². The van der Waals surface area contributed by atoms with Gasteiger partial charge < -0.3 is 5.73 Å². The summed E-state index contributed by atoms with van der Waals surface area (Å²) in [6, 6.07) is 1.40. The molecule has 0 bridgehead atoms. The van der Waals surface area contributed by atoms with Gasteiger partial charge in [0.05, 0.1) is 21.2 Å². The molecule has 0 aromatic carbocycles. The van der Waals surface area contributed by atoms with Gasteiger partial charge in [-0.1, -0.05) is 23.2 Å². The van der Waals surface area contributed by atoms with Crippen molar-refractivity contribution in [1.82, 2.24) is 4.98 Å². The summed E-state index contributed by atoms with van der Waals surface area (Å²) in [6.07, 6.45) is 0.999. The first kappa shape index (κ1) is 11.0. The van der Waals surface area contributed by atoms with Crippen LogP contribution >= 0.6 is 23.2 Å². The van der Waals surface area contributed by atoms with E-state index in [1.807, 2.05) is 0 Å². The monoisotopic (exact) mass is 252 g/mol. The van der Waals surface area contributed by atoms with Gasteiger partial charge in [0.15, 0.2) is 0 Å². The van der Waals surface area contributed by atoms with E-state index in [4.69, 9.17) is 28.9 Å². The summed E-state index contributed by atoms with van der Waals surface area (Å²) in [6.45, 7) is -0.172. The van der Waals surface area contributed by atoms with Crippen molar-refractivity contribution in [2.45, 2.75) is 17.8 Å². The molecular formula is C9H8Cl2F2N2. The molecule has 2 rings (SSSR count). The molecule has 1 heterocycles. The van der Waals surface area contributed by atoms with Gasteiger partial charge in [0.25, 0.3) is 5.92 Å². The molecule has 2 N–H and O–H groups in total. The zero-order chi connectivity index (χ0) is 11.3. The van der Waals surface area contributed by atoms with Crippen LogP contribution in [-0.2, 0) is 5.41 Å². The van der Waals surface area contributed by atoms with E-state index in [2.05, 4.69) is 4.98 Å². The Labute approximate surface area is 95.4 Å². The van der Waals surface area contributed by atoms with Crippen molar-refractivity contribution in [3.63, 3.8) is 0 Å². The van der Waals surface area contributed by atoms with Gasteiger partial charge in [0, 0.05) is 19.2 Å². The first-order valence-corrected chi connectivity index (χ1v) is 5.08. The van der Waals surface area contributed by atoms with Gasteiger partial charge in [0.2, 0.25) is 0 Å². The van der Waals surface area contributed by atoms with E-state index in [0.29, 0.717) is 5.02 Å². The molecule has 2 nitrogen and oxygen atoms in total. The summed E-state index contributed by atoms with van der Waals surface area (Å²) in [5.41, 5.74) is 4.12. The van der Waals surface area contributed by atoms with Crippen molar-refractivity contribution < 1.29 is 8.78 Å². The maximum atomic E-state index is 13.2. The normalized spacial score (nSPS) is 27.8. The molecule has 1 aromatic rings. The van der Waals surface area contributed by atoms with Gasteiger partial charge >= 0.3 is 0 Å². The lowest BCUT2D eigenvalue weighted by Gasteiger charge is -2.14. The third kappa shape index (κ3) is 1.51. The molecule has 0 spiro atoms. The second-order valence-electron chi connectivity index (χ2n) is 3.65. The van der Waals surface area contributed by atoms with Crippen LogP contribution in [0.4, 0.5) is 8.78 Å². The number of nitrogens with zero attached hydrogens (tertiary/aromatic N) is 1. The van der Waals surface area contributed by atoms with Crippen molar-refractivity contribution in [2.75, 3.05) is 6.54 Å². The number of hydrogen-bond acceptors (Lipinski definition) is 2. The highest BCUT2D eigenvalue weighted by Crippen LogP contribution is 2.61. The Morgan fingerprint density at radius 1 is 1.47 bits per heavy atom. The zero-order valence-electron chi connectivity index (χ0n) is 7.61. The maximum absolute atomic E-state index is 13.2. The summed E-state index contributed by atoms with van der Waals surface area (Å²) in [4.78, 5) is 3.85. The van der Waals surface area contributed by atoms with E-state index in [1.165, 1.54) is 12.3 Å². The van der Waals surface area contributed by atoms with Crippen LogP contribution in [0.3, 0.4) is 0 Å². The Hall–Kier alpha value is -0.450. The Kier molecular flexibility index (Phi) is 2.41. The standard InChI is InChI=1S/C9H8Cl2F2N2/c10-5-1-6(11)7(15-2-5)8(4-14)3-9(8,12)13/h1-2H,3-4,14H2. The van der Waals surface area contributed by atoms with Crippen LogP contribution in [0.2, 0.25) is 10.0 Å². The minimum absolute atomic E-state index is 0.140. The van der Waals surface area contributed by atoms with Crippen molar-refractivity contribution in [3.05, 3.63) is 28.0 Å². The van der Waals surface area contributed by atoms with Crippen LogP contribution in [0.1, 0.15) is 12.1 Å². The number of aromatic nitrogens is 1. The Balaban J connectivity index is 2.46. The number of halogens is 4. The number of nitrogens with two attached hydrogens (primary N) is 1. The fourth-order valence-corrected chi connectivity index (χ4v) is 2.24. The molecule has 0 radical (unpaired) electrons. The van der Waals surface area contributed by atoms with Crippen molar-refractivity contribution in [1.29, 1.82) is 0 Å². The number of hydrogen-bond donors (Lipinski definition) is 1. The molecule has 1 aliphatic carbocycles. The minimum atomic E-state index is -2.81. The van der Waals surface area contributed by atoms with Crippen LogP contribution < -0.4 is 5.73 Å². The molecule has 0 aliphatic heterocycles. The number of alkyl halides is 2. The summed E-state index contributed by atoms with van der Waals surface area (Å²) in [7, 11) is 0. The third-order valence-electron chi connectivity index (χ3n) is 2.71. The van der Waals surface area contributed by atoms with Gasteiger partial charge in [-0.15, -0.1) is 0 Å². The Bertz CT molecular complexity index is 411. The molecule has 1 unspecified atom stereocenters. The number of rotatable bonds is 2. The van der Waals surface area contributed by atoms with E-state index in [-0.39, 0.29) is 23.7 Å². The van der Waals surface area contributed by atoms with Crippen LogP contribution in [0.25, 0.3) is 0 Å². The average Bonchev–Trinajstić information content (AvgIpc) is 2.69. The first-order chi connectivity index (χ1) is 6.93. The molecule has 1 aliphatic rings.